The van der Waals surface area contributed by atoms with Crippen molar-refractivity contribution in [2.24, 2.45) is 5.92 Å². The summed E-state index contributed by atoms with van der Waals surface area (Å²) in [5.74, 6) is -2.08. The largest absolute Gasteiger partial charge is 0.480 e. The molecule has 196 valence electrons. The fourth-order valence-corrected chi connectivity index (χ4v) is 5.07. The lowest BCUT2D eigenvalue weighted by Crippen LogP contribution is -2.44. The fraction of sp³-hybridized carbons (Fsp3) is 0.148. The van der Waals surface area contributed by atoms with Crippen LogP contribution in [0.2, 0.25) is 5.02 Å². The molecule has 11 heteroatoms. The Kier molecular flexibility index (Phi) is 7.96. The molecular weight excluding hydrogens is 530 g/mol. The maximum atomic E-state index is 12.6. The first-order valence-electron chi connectivity index (χ1n) is 11.5. The number of hydrogen-bond acceptors (Lipinski definition) is 6. The molecule has 4 aromatic rings. The van der Waals surface area contributed by atoms with Crippen LogP contribution in [0.15, 0.2) is 88.3 Å². The molecule has 38 heavy (non-hydrogen) atoms. The quantitative estimate of drug-likeness (QED) is 0.255. The number of amides is 1. The molecule has 0 spiro atoms. The number of carbonyl (C=O) groups excluding carboxylic acids is 1. The maximum Gasteiger partial charge on any atom is 0.322 e. The Hall–Kier alpha value is -3.99. The molecule has 1 atom stereocenters. The Labute approximate surface area is 224 Å². The monoisotopic (exact) mass is 553 g/mol. The highest BCUT2D eigenvalue weighted by Crippen LogP contribution is 2.25. The molecule has 9 nitrogen and oxygen atoms in total. The standard InChI is InChI=1S/C27H24ClN3O6S/c1-16(2)25(27(33)34)31-38(35,36)22-13-7-18(8-14-22)17-5-11-21(12-6-17)29-26(32)24-15-23(30-37-24)19-3-9-20(28)10-4-19/h3-16,25,31H,1-2H3,(H,29,32)(H,33,34). The smallest absolute Gasteiger partial charge is 0.322 e. The highest BCUT2D eigenvalue weighted by Gasteiger charge is 2.28. The van der Waals surface area contributed by atoms with Gasteiger partial charge < -0.3 is 14.9 Å². The Balaban J connectivity index is 1.42. The van der Waals surface area contributed by atoms with Crippen LogP contribution in [0, 0.1) is 5.92 Å². The Morgan fingerprint density at radius 3 is 2.00 bits per heavy atom. The summed E-state index contributed by atoms with van der Waals surface area (Å²) in [5, 5.41) is 16.6. The summed E-state index contributed by atoms with van der Waals surface area (Å²) in [5.41, 5.74) is 3.32. The van der Waals surface area contributed by atoms with Crippen LogP contribution < -0.4 is 10.0 Å². The number of rotatable bonds is 9. The molecule has 3 aromatic carbocycles. The van der Waals surface area contributed by atoms with E-state index in [9.17, 15) is 23.1 Å². The number of anilines is 1. The van der Waals surface area contributed by atoms with Gasteiger partial charge in [-0.15, -0.1) is 0 Å². The average Bonchev–Trinajstić information content (AvgIpc) is 3.39. The van der Waals surface area contributed by atoms with Crippen LogP contribution in [0.3, 0.4) is 0 Å². The van der Waals surface area contributed by atoms with E-state index in [0.717, 1.165) is 16.7 Å². The molecule has 1 amide bonds. The highest BCUT2D eigenvalue weighted by atomic mass is 35.5. The lowest BCUT2D eigenvalue weighted by molar-refractivity contribution is -0.140. The second-order valence-corrected chi connectivity index (χ2v) is 11.0. The number of sulfonamides is 1. The van der Waals surface area contributed by atoms with E-state index in [-0.39, 0.29) is 10.7 Å². The van der Waals surface area contributed by atoms with Gasteiger partial charge in [0, 0.05) is 22.3 Å². The number of carboxylic acids is 1. The first-order chi connectivity index (χ1) is 18.0. The Morgan fingerprint density at radius 1 is 0.895 bits per heavy atom. The molecular formula is C27H24ClN3O6S. The minimum absolute atomic E-state index is 0.0398. The maximum absolute atomic E-state index is 12.6. The van der Waals surface area contributed by atoms with Gasteiger partial charge in [-0.2, -0.15) is 4.72 Å². The van der Waals surface area contributed by atoms with Crippen LogP contribution in [0.4, 0.5) is 5.69 Å². The van der Waals surface area contributed by atoms with Crippen LogP contribution in [0.1, 0.15) is 24.4 Å². The third-order valence-corrected chi connectivity index (χ3v) is 7.44. The van der Waals surface area contributed by atoms with Gasteiger partial charge >= 0.3 is 5.97 Å². The van der Waals surface area contributed by atoms with Gasteiger partial charge in [-0.05, 0) is 53.4 Å². The lowest BCUT2D eigenvalue weighted by atomic mass is 10.1. The summed E-state index contributed by atoms with van der Waals surface area (Å²) in [4.78, 5) is 23.9. The summed E-state index contributed by atoms with van der Waals surface area (Å²) in [6, 6.07) is 20.3. The SMILES string of the molecule is CC(C)C(NS(=O)(=O)c1ccc(-c2ccc(NC(=O)c3cc(-c4ccc(Cl)cc4)no3)cc2)cc1)C(=O)O. The molecule has 1 heterocycles. The lowest BCUT2D eigenvalue weighted by Gasteiger charge is -2.18. The van der Waals surface area contributed by atoms with E-state index in [1.165, 1.54) is 18.2 Å². The van der Waals surface area contributed by atoms with Crippen molar-refractivity contribution in [3.63, 3.8) is 0 Å². The first-order valence-corrected chi connectivity index (χ1v) is 13.4. The second kappa shape index (κ2) is 11.2. The van der Waals surface area contributed by atoms with Gasteiger partial charge in [0.15, 0.2) is 0 Å². The highest BCUT2D eigenvalue weighted by molar-refractivity contribution is 7.89. The molecule has 3 N–H and O–H groups in total. The number of carbonyl (C=O) groups is 2. The second-order valence-electron chi connectivity index (χ2n) is 8.82. The minimum Gasteiger partial charge on any atom is -0.480 e. The average molecular weight is 554 g/mol. The van der Waals surface area contributed by atoms with E-state index >= 15 is 0 Å². The summed E-state index contributed by atoms with van der Waals surface area (Å²) < 4.78 is 32.7. The fourth-order valence-electron chi connectivity index (χ4n) is 3.61. The molecule has 1 unspecified atom stereocenters. The van der Waals surface area contributed by atoms with Gasteiger partial charge in [-0.25, -0.2) is 8.42 Å². The zero-order chi connectivity index (χ0) is 27.4. The van der Waals surface area contributed by atoms with Gasteiger partial charge in [-0.1, -0.05) is 67.0 Å². The molecule has 4 rings (SSSR count). The number of halogens is 1. The van der Waals surface area contributed by atoms with Gasteiger partial charge in [0.05, 0.1) is 4.90 Å². The molecule has 0 saturated heterocycles. The molecule has 0 aliphatic heterocycles. The third kappa shape index (κ3) is 6.28. The van der Waals surface area contributed by atoms with Crippen LogP contribution in [0.25, 0.3) is 22.4 Å². The molecule has 0 bridgehead atoms. The van der Waals surface area contributed by atoms with Crippen LogP contribution in [-0.4, -0.2) is 36.6 Å². The van der Waals surface area contributed by atoms with Crippen molar-refractivity contribution in [2.75, 3.05) is 5.32 Å². The van der Waals surface area contributed by atoms with Crippen molar-refractivity contribution in [3.8, 4) is 22.4 Å². The topological polar surface area (TPSA) is 139 Å². The van der Waals surface area contributed by atoms with Gasteiger partial charge in [0.2, 0.25) is 15.8 Å². The molecule has 0 fully saturated rings. The van der Waals surface area contributed by atoms with Gasteiger partial charge in [-0.3, -0.25) is 9.59 Å². The summed E-state index contributed by atoms with van der Waals surface area (Å²) >= 11 is 5.90. The number of carboxylic acid groups (broad SMARTS) is 1. The summed E-state index contributed by atoms with van der Waals surface area (Å²) in [7, 11) is -4.01. The summed E-state index contributed by atoms with van der Waals surface area (Å²) in [6.07, 6.45) is 0. The third-order valence-electron chi connectivity index (χ3n) is 5.73. The molecule has 0 saturated carbocycles. The van der Waals surface area contributed by atoms with E-state index in [2.05, 4.69) is 15.2 Å². The Bertz CT molecular complexity index is 1550. The molecule has 0 aliphatic carbocycles. The number of aliphatic carboxylic acids is 1. The number of nitrogens with zero attached hydrogens (tertiary/aromatic N) is 1. The minimum atomic E-state index is -4.01. The predicted molar refractivity (Wildman–Crippen MR) is 143 cm³/mol. The van der Waals surface area contributed by atoms with Gasteiger partial charge in [0.25, 0.3) is 5.91 Å². The van der Waals surface area contributed by atoms with E-state index in [4.69, 9.17) is 16.1 Å². The van der Waals surface area contributed by atoms with Crippen molar-refractivity contribution in [1.29, 1.82) is 0 Å². The zero-order valence-corrected chi connectivity index (χ0v) is 22.0. The van der Waals surface area contributed by atoms with Gasteiger partial charge in [0.1, 0.15) is 11.7 Å². The van der Waals surface area contributed by atoms with E-state index in [0.29, 0.717) is 16.4 Å². The molecule has 0 aliphatic rings. The van der Waals surface area contributed by atoms with E-state index < -0.39 is 33.9 Å². The summed E-state index contributed by atoms with van der Waals surface area (Å²) in [6.45, 7) is 3.25. The number of benzene rings is 3. The van der Waals surface area contributed by atoms with Crippen molar-refractivity contribution in [2.45, 2.75) is 24.8 Å². The van der Waals surface area contributed by atoms with Crippen molar-refractivity contribution >= 4 is 39.2 Å². The number of aromatic nitrogens is 1. The Morgan fingerprint density at radius 2 is 1.45 bits per heavy atom. The van der Waals surface area contributed by atoms with Crippen molar-refractivity contribution in [3.05, 3.63) is 89.6 Å². The van der Waals surface area contributed by atoms with E-state index in [1.54, 1.807) is 74.5 Å². The first kappa shape index (κ1) is 27.1. The van der Waals surface area contributed by atoms with Crippen LogP contribution >= 0.6 is 11.6 Å². The van der Waals surface area contributed by atoms with E-state index in [1.807, 2.05) is 0 Å². The number of hydrogen-bond donors (Lipinski definition) is 3. The van der Waals surface area contributed by atoms with Crippen molar-refractivity contribution in [1.82, 2.24) is 9.88 Å². The molecule has 0 radical (unpaired) electrons. The van der Waals surface area contributed by atoms with Crippen LogP contribution in [0.5, 0.6) is 0 Å². The normalized spacial score (nSPS) is 12.3. The van der Waals surface area contributed by atoms with Crippen molar-refractivity contribution < 1.29 is 27.6 Å². The van der Waals surface area contributed by atoms with Crippen LogP contribution in [-0.2, 0) is 14.8 Å². The molecule has 1 aromatic heterocycles. The number of nitrogens with one attached hydrogen (secondary N) is 2. The predicted octanol–water partition coefficient (Wildman–Crippen LogP) is 5.30. The zero-order valence-electron chi connectivity index (χ0n) is 20.4.